The lowest BCUT2D eigenvalue weighted by Crippen LogP contribution is -2.57. The van der Waals surface area contributed by atoms with Crippen LogP contribution < -0.4 is 25.8 Å². The summed E-state index contributed by atoms with van der Waals surface area (Å²) in [5.74, 6) is -6.71. The highest BCUT2D eigenvalue weighted by Gasteiger charge is 2.48. The Morgan fingerprint density at radius 1 is 0.959 bits per heavy atom. The molecule has 3 aliphatic heterocycles. The van der Waals surface area contributed by atoms with Crippen molar-refractivity contribution in [1.29, 1.82) is 0 Å². The maximum atomic E-state index is 14.1. The summed E-state index contributed by atoms with van der Waals surface area (Å²) in [5, 5.41) is 15.6. The molecule has 2 saturated heterocycles. The molecule has 73 heavy (non-hydrogen) atoms. The van der Waals surface area contributed by atoms with Gasteiger partial charge in [0.15, 0.2) is 0 Å². The molecule has 1 aliphatic carbocycles. The third kappa shape index (κ3) is 8.88. The summed E-state index contributed by atoms with van der Waals surface area (Å²) in [6, 6.07) is 13.3. The lowest BCUT2D eigenvalue weighted by molar-refractivity contribution is -0.147. The number of amides is 5. The first-order chi connectivity index (χ1) is 34.7. The number of aryl methyl sites for hydroxylation is 1. The monoisotopic (exact) mass is 1020 g/mol. The predicted octanol–water partition coefficient (Wildman–Crippen LogP) is 6.56. The van der Waals surface area contributed by atoms with Crippen LogP contribution in [0.25, 0.3) is 33.3 Å². The maximum Gasteiger partial charge on any atom is 0.355 e. The average molecular weight is 1020 g/mol. The second-order valence-electron chi connectivity index (χ2n) is 19.5. The number of nitrogens with one attached hydrogen (secondary N) is 3. The summed E-state index contributed by atoms with van der Waals surface area (Å²) in [4.78, 5) is 72.8. The molecule has 5 amide bonds. The highest BCUT2D eigenvalue weighted by atomic mass is 32.2. The predicted molar refractivity (Wildman–Crippen MR) is 261 cm³/mol. The Kier molecular flexibility index (Phi) is 12.3. The fraction of sp³-hybridized carbons (Fsp3) is 0.360. The number of carbonyl (C=O) groups excluding carboxylic acids is 5. The molecule has 0 spiro atoms. The van der Waals surface area contributed by atoms with Crippen molar-refractivity contribution in [2.45, 2.75) is 94.8 Å². The summed E-state index contributed by atoms with van der Waals surface area (Å²) in [7, 11) is -3.37. The van der Waals surface area contributed by atoms with Gasteiger partial charge in [0, 0.05) is 72.3 Å². The Labute approximate surface area is 416 Å². The van der Waals surface area contributed by atoms with Crippen molar-refractivity contribution in [3.63, 3.8) is 0 Å². The van der Waals surface area contributed by atoms with Gasteiger partial charge in [-0.25, -0.2) is 17.8 Å². The van der Waals surface area contributed by atoms with E-state index in [4.69, 9.17) is 20.7 Å². The number of hydrogen-bond acceptors (Lipinski definition) is 13. The minimum absolute atomic E-state index is 0.0185. The molecule has 380 valence electrons. The Morgan fingerprint density at radius 3 is 2.42 bits per heavy atom. The molecule has 23 heteroatoms. The molecule has 19 nitrogen and oxygen atoms in total. The number of rotatable bonds is 13. The van der Waals surface area contributed by atoms with Crippen molar-refractivity contribution in [3.8, 4) is 28.1 Å². The van der Waals surface area contributed by atoms with Crippen LogP contribution in [0.1, 0.15) is 97.7 Å². The quantitative estimate of drug-likeness (QED) is 0.0897. The molecule has 3 aromatic heterocycles. The van der Waals surface area contributed by atoms with Gasteiger partial charge in [-0.3, -0.25) is 48.3 Å². The molecule has 10 rings (SSSR count). The third-order valence-electron chi connectivity index (χ3n) is 14.3. The molecule has 3 atom stereocenters. The summed E-state index contributed by atoms with van der Waals surface area (Å²) in [6.45, 7) is 6.19. The normalized spacial score (nSPS) is 21.3. The van der Waals surface area contributed by atoms with Crippen LogP contribution in [0, 0.1) is 11.7 Å². The highest BCUT2D eigenvalue weighted by molar-refractivity contribution is 7.93. The van der Waals surface area contributed by atoms with Crippen LogP contribution in [0.4, 0.5) is 30.4 Å². The smallest absolute Gasteiger partial charge is 0.355 e. The van der Waals surface area contributed by atoms with Crippen molar-refractivity contribution in [2.75, 3.05) is 22.3 Å². The molecule has 0 bridgehead atoms. The Bertz CT molecular complexity index is 3370. The maximum absolute atomic E-state index is 14.1. The minimum atomic E-state index is -5.09. The second-order valence-corrected chi connectivity index (χ2v) is 21.2. The summed E-state index contributed by atoms with van der Waals surface area (Å²) in [5.41, 5.74) is 9.79. The van der Waals surface area contributed by atoms with Gasteiger partial charge in [0.1, 0.15) is 35.2 Å². The molecule has 4 aliphatic rings. The number of piperidine rings is 2. The van der Waals surface area contributed by atoms with E-state index in [1.165, 1.54) is 42.5 Å². The van der Waals surface area contributed by atoms with E-state index in [0.29, 0.717) is 76.8 Å². The number of aromatic nitrogens is 5. The van der Waals surface area contributed by atoms with E-state index in [9.17, 15) is 45.6 Å². The Hall–Kier alpha value is -7.82. The number of nitrogen functional groups attached to an aromatic ring is 1. The summed E-state index contributed by atoms with van der Waals surface area (Å²) >= 11 is 0. The number of nitrogens with zero attached hydrogens (tertiary/aromatic N) is 7. The number of benzene rings is 3. The number of carbonyl (C=O) groups is 5. The topological polar surface area (TPSA) is 246 Å². The molecule has 0 radical (unpaired) electrons. The van der Waals surface area contributed by atoms with Crippen molar-refractivity contribution < 1.29 is 50.3 Å². The van der Waals surface area contributed by atoms with Crippen LogP contribution in [0.2, 0.25) is 0 Å². The first-order valence-corrected chi connectivity index (χ1v) is 25.2. The van der Waals surface area contributed by atoms with Gasteiger partial charge < -0.3 is 20.7 Å². The van der Waals surface area contributed by atoms with E-state index in [2.05, 4.69) is 15.6 Å². The van der Waals surface area contributed by atoms with Crippen LogP contribution in [0.5, 0.6) is 5.75 Å². The number of imide groups is 2. The first-order valence-electron chi connectivity index (χ1n) is 23.6. The van der Waals surface area contributed by atoms with E-state index >= 15 is 0 Å². The van der Waals surface area contributed by atoms with Gasteiger partial charge in [0.05, 0.1) is 40.0 Å². The number of ether oxygens (including phenoxy) is 1. The van der Waals surface area contributed by atoms with Crippen LogP contribution in [-0.4, -0.2) is 102 Å². The zero-order valence-electron chi connectivity index (χ0n) is 39.9. The lowest BCUT2D eigenvalue weighted by atomic mass is 9.77. The molecular weight excluding hydrogens is 972 g/mol. The third-order valence-corrected chi connectivity index (χ3v) is 15.3. The minimum Gasteiger partial charge on any atom is -0.484 e. The molecule has 3 fully saturated rings. The second kappa shape index (κ2) is 18.3. The molecule has 5 N–H and O–H groups in total. The number of nitrogens with two attached hydrogens (primary N) is 1. The molecule has 3 unspecified atom stereocenters. The molecule has 6 aromatic rings. The number of pyridine rings is 1. The van der Waals surface area contributed by atoms with Crippen LogP contribution in [0.3, 0.4) is 0 Å². The standard InChI is InChI=1S/C50H50F3N11O8S/c1-25(26-8-11-30(51)12-9-26)72-38-20-27(10-13-35(38)60-73(70,71)49(52)53)42-41-43(61(4)59-42)34(23-55-44(41)54)29-22-56-63(24-29)32-16-17-62(50(2,3)21-32)46(67)28-18-31(19-28)57-36-7-5-6-33-40(36)48(69)64(47(33)68)37-14-15-39(65)58-45(37)66/h5-13,20,22-25,28,31-32,37,49,57,60H,14-19,21H2,1-4H3,(H2,54,55)(H,58,65,66)/t25?,28-,31-,32?,37?. The zero-order valence-corrected chi connectivity index (χ0v) is 40.8. The number of sulfonamides is 1. The van der Waals surface area contributed by atoms with Crippen LogP contribution in [0.15, 0.2) is 79.3 Å². The fourth-order valence-electron chi connectivity index (χ4n) is 10.5. The van der Waals surface area contributed by atoms with Gasteiger partial charge in [0.2, 0.25) is 17.7 Å². The number of alkyl halides is 2. The van der Waals surface area contributed by atoms with E-state index < -0.39 is 62.9 Å². The zero-order chi connectivity index (χ0) is 51.8. The van der Waals surface area contributed by atoms with E-state index in [1.807, 2.05) is 34.3 Å². The highest BCUT2D eigenvalue weighted by Crippen LogP contribution is 2.43. The Balaban J connectivity index is 0.826. The van der Waals surface area contributed by atoms with Crippen molar-refractivity contribution >= 4 is 67.7 Å². The number of hydrogen-bond donors (Lipinski definition) is 4. The average Bonchev–Trinajstić information content (AvgIpc) is 4.03. The lowest BCUT2D eigenvalue weighted by Gasteiger charge is -2.49. The SMILES string of the molecule is CC(Oc1cc(-c2nn(C)c3c(-c4cnn(C5CCN(C(=O)[C@H]6C[C@H](Nc7cccc8c7C(=O)N(C7CCC(=O)NC7=O)C8=O)C6)C(C)(C)C5)c4)cnc(N)c23)ccc1NS(=O)(=O)C(F)F)c1ccc(F)cc1. The van der Waals surface area contributed by atoms with Crippen molar-refractivity contribution in [2.24, 2.45) is 13.0 Å². The largest absolute Gasteiger partial charge is 0.484 e. The first kappa shape index (κ1) is 48.8. The summed E-state index contributed by atoms with van der Waals surface area (Å²) in [6.07, 6.45) is 6.81. The van der Waals surface area contributed by atoms with E-state index in [0.717, 1.165) is 4.90 Å². The summed E-state index contributed by atoms with van der Waals surface area (Å²) < 4.78 is 76.9. The van der Waals surface area contributed by atoms with Gasteiger partial charge in [-0.05, 0) is 94.8 Å². The molecular formula is C50H50F3N11O8S. The van der Waals surface area contributed by atoms with Crippen molar-refractivity contribution in [3.05, 3.63) is 102 Å². The van der Waals surface area contributed by atoms with Crippen LogP contribution in [-0.2, 0) is 31.5 Å². The van der Waals surface area contributed by atoms with Gasteiger partial charge in [-0.15, -0.1) is 0 Å². The molecule has 3 aromatic carbocycles. The fourth-order valence-corrected chi connectivity index (χ4v) is 11.0. The number of anilines is 3. The number of halogens is 3. The number of likely N-dealkylation sites (tertiary alicyclic amines) is 1. The van der Waals surface area contributed by atoms with Gasteiger partial charge in [-0.1, -0.05) is 24.3 Å². The van der Waals surface area contributed by atoms with Gasteiger partial charge >= 0.3 is 5.76 Å². The van der Waals surface area contributed by atoms with E-state index in [-0.39, 0.29) is 65.1 Å². The van der Waals surface area contributed by atoms with Crippen molar-refractivity contribution in [1.82, 2.24) is 39.7 Å². The Morgan fingerprint density at radius 2 is 1.71 bits per heavy atom. The molecule has 1 saturated carbocycles. The number of fused-ring (bicyclic) bond motifs is 2. The van der Waals surface area contributed by atoms with Crippen LogP contribution >= 0.6 is 0 Å². The molecule has 6 heterocycles. The van der Waals surface area contributed by atoms with Gasteiger partial charge in [-0.2, -0.15) is 19.0 Å². The van der Waals surface area contributed by atoms with E-state index in [1.54, 1.807) is 49.2 Å². The van der Waals surface area contributed by atoms with Gasteiger partial charge in [0.25, 0.3) is 21.8 Å².